The summed E-state index contributed by atoms with van der Waals surface area (Å²) in [6, 6.07) is -0.785. The number of rotatable bonds is 2. The molecule has 0 fully saturated rings. The number of carbonyl (C=O) groups excluding carboxylic acids is 2. The van der Waals surface area contributed by atoms with E-state index in [-0.39, 0.29) is 5.90 Å². The molecule has 0 rings (SSSR count). The molecule has 1 atom stereocenters. The first-order valence-corrected chi connectivity index (χ1v) is 5.25. The van der Waals surface area contributed by atoms with E-state index in [1.807, 2.05) is 0 Å². The SMILES string of the molecule is COC(=N)C(C)N(C(C)=O)C(=O)OC(C)(C)C. The lowest BCUT2D eigenvalue weighted by Gasteiger charge is -2.29. The number of ether oxygens (including phenoxy) is 2. The van der Waals surface area contributed by atoms with Crippen LogP contribution in [0.3, 0.4) is 0 Å². The maximum Gasteiger partial charge on any atom is 0.417 e. The number of hydrogen-bond donors (Lipinski definition) is 1. The molecule has 6 heteroatoms. The van der Waals surface area contributed by atoms with Crippen LogP contribution in [0.15, 0.2) is 0 Å². The molecule has 17 heavy (non-hydrogen) atoms. The highest BCUT2D eigenvalue weighted by molar-refractivity contribution is 5.96. The Labute approximate surface area is 101 Å². The van der Waals surface area contributed by atoms with Crippen LogP contribution < -0.4 is 0 Å². The van der Waals surface area contributed by atoms with Crippen LogP contribution in [-0.2, 0) is 14.3 Å². The zero-order chi connectivity index (χ0) is 13.8. The van der Waals surface area contributed by atoms with Gasteiger partial charge in [-0.25, -0.2) is 9.69 Å². The van der Waals surface area contributed by atoms with E-state index < -0.39 is 23.6 Å². The van der Waals surface area contributed by atoms with E-state index in [1.54, 1.807) is 20.8 Å². The van der Waals surface area contributed by atoms with Crippen molar-refractivity contribution in [2.45, 2.75) is 46.3 Å². The third-order valence-corrected chi connectivity index (χ3v) is 1.92. The van der Waals surface area contributed by atoms with Gasteiger partial charge < -0.3 is 9.47 Å². The fourth-order valence-electron chi connectivity index (χ4n) is 1.16. The Kier molecular flexibility index (Phi) is 5.12. The summed E-state index contributed by atoms with van der Waals surface area (Å²) in [5.41, 5.74) is -0.695. The monoisotopic (exact) mass is 244 g/mol. The van der Waals surface area contributed by atoms with E-state index >= 15 is 0 Å². The number of nitrogens with one attached hydrogen (secondary N) is 1. The predicted octanol–water partition coefficient (Wildman–Crippen LogP) is 1.78. The van der Waals surface area contributed by atoms with Crippen molar-refractivity contribution in [3.8, 4) is 0 Å². The molecule has 0 aromatic heterocycles. The molecule has 98 valence electrons. The molecule has 0 saturated heterocycles. The maximum absolute atomic E-state index is 11.8. The highest BCUT2D eigenvalue weighted by Crippen LogP contribution is 2.13. The molecular weight excluding hydrogens is 224 g/mol. The minimum Gasteiger partial charge on any atom is -0.483 e. The molecule has 0 aromatic carbocycles. The van der Waals surface area contributed by atoms with Crippen molar-refractivity contribution in [2.75, 3.05) is 7.11 Å². The largest absolute Gasteiger partial charge is 0.483 e. The van der Waals surface area contributed by atoms with Crippen molar-refractivity contribution in [3.05, 3.63) is 0 Å². The average Bonchev–Trinajstić information content (AvgIpc) is 2.12. The number of hydrogen-bond acceptors (Lipinski definition) is 5. The minimum absolute atomic E-state index is 0.175. The quantitative estimate of drug-likeness (QED) is 0.593. The Morgan fingerprint density at radius 1 is 1.29 bits per heavy atom. The number of nitrogens with zero attached hydrogens (tertiary/aromatic N) is 1. The third-order valence-electron chi connectivity index (χ3n) is 1.92. The van der Waals surface area contributed by atoms with Gasteiger partial charge in [0.15, 0.2) is 0 Å². The molecule has 6 nitrogen and oxygen atoms in total. The summed E-state index contributed by atoms with van der Waals surface area (Å²) < 4.78 is 9.80. The van der Waals surface area contributed by atoms with Gasteiger partial charge in [-0.15, -0.1) is 0 Å². The Hall–Kier alpha value is -1.59. The highest BCUT2D eigenvalue weighted by atomic mass is 16.6. The Morgan fingerprint density at radius 3 is 2.06 bits per heavy atom. The summed E-state index contributed by atoms with van der Waals surface area (Å²) in [6.07, 6.45) is -0.778. The second kappa shape index (κ2) is 5.65. The smallest absolute Gasteiger partial charge is 0.417 e. The molecule has 0 heterocycles. The predicted molar refractivity (Wildman–Crippen MR) is 63.0 cm³/mol. The van der Waals surface area contributed by atoms with Gasteiger partial charge in [-0.1, -0.05) is 0 Å². The maximum atomic E-state index is 11.8. The van der Waals surface area contributed by atoms with E-state index in [0.29, 0.717) is 0 Å². The summed E-state index contributed by atoms with van der Waals surface area (Å²) in [4.78, 5) is 24.1. The van der Waals surface area contributed by atoms with E-state index in [0.717, 1.165) is 4.90 Å². The molecule has 0 aliphatic heterocycles. The summed E-state index contributed by atoms with van der Waals surface area (Å²) in [5.74, 6) is -0.667. The van der Waals surface area contributed by atoms with Gasteiger partial charge in [0.25, 0.3) is 0 Å². The van der Waals surface area contributed by atoms with Gasteiger partial charge in [-0.05, 0) is 27.7 Å². The first-order valence-electron chi connectivity index (χ1n) is 5.25. The Bertz CT molecular complexity index is 320. The number of imide groups is 1. The van der Waals surface area contributed by atoms with Crippen LogP contribution >= 0.6 is 0 Å². The number of amides is 2. The second-order valence-corrected chi connectivity index (χ2v) is 4.61. The molecular formula is C11H20N2O4. The fraction of sp³-hybridized carbons (Fsp3) is 0.727. The topological polar surface area (TPSA) is 79.7 Å². The summed E-state index contributed by atoms with van der Waals surface area (Å²) in [5, 5.41) is 7.47. The first kappa shape index (κ1) is 15.4. The van der Waals surface area contributed by atoms with Gasteiger partial charge in [-0.3, -0.25) is 10.2 Å². The minimum atomic E-state index is -0.785. The van der Waals surface area contributed by atoms with Crippen LogP contribution in [0.1, 0.15) is 34.6 Å². The van der Waals surface area contributed by atoms with Crippen LogP contribution in [0, 0.1) is 5.41 Å². The standard InChI is InChI=1S/C11H20N2O4/c1-7(9(12)16-6)13(8(2)14)10(15)17-11(3,4)5/h7,12H,1-6H3. The third kappa shape index (κ3) is 4.84. The lowest BCUT2D eigenvalue weighted by atomic mass is 10.2. The summed E-state index contributed by atoms with van der Waals surface area (Å²) in [7, 11) is 1.31. The molecule has 0 saturated carbocycles. The van der Waals surface area contributed by atoms with Crippen molar-refractivity contribution in [3.63, 3.8) is 0 Å². The van der Waals surface area contributed by atoms with Gasteiger partial charge in [0.1, 0.15) is 11.6 Å². The van der Waals surface area contributed by atoms with E-state index in [4.69, 9.17) is 14.9 Å². The number of methoxy groups -OCH3 is 1. The molecule has 2 amide bonds. The zero-order valence-corrected chi connectivity index (χ0v) is 11.2. The highest BCUT2D eigenvalue weighted by Gasteiger charge is 2.31. The molecule has 0 spiro atoms. The zero-order valence-electron chi connectivity index (χ0n) is 11.2. The molecule has 1 N–H and O–H groups in total. The van der Waals surface area contributed by atoms with Crippen LogP contribution in [-0.4, -0.2) is 41.6 Å². The second-order valence-electron chi connectivity index (χ2n) is 4.61. The van der Waals surface area contributed by atoms with E-state index in [1.165, 1.54) is 21.0 Å². The molecule has 0 radical (unpaired) electrons. The first-order chi connectivity index (χ1) is 7.60. The summed E-state index contributed by atoms with van der Waals surface area (Å²) in [6.45, 7) is 7.88. The lowest BCUT2D eigenvalue weighted by molar-refractivity contribution is -0.129. The van der Waals surface area contributed by atoms with Gasteiger partial charge in [0.2, 0.25) is 11.8 Å². The molecule has 1 unspecified atom stereocenters. The van der Waals surface area contributed by atoms with Gasteiger partial charge in [0, 0.05) is 6.92 Å². The number of carbonyl (C=O) groups is 2. The van der Waals surface area contributed by atoms with Crippen molar-refractivity contribution in [1.82, 2.24) is 4.90 Å². The molecule has 0 aliphatic rings. The van der Waals surface area contributed by atoms with Gasteiger partial charge in [-0.2, -0.15) is 0 Å². The van der Waals surface area contributed by atoms with Crippen molar-refractivity contribution in [2.24, 2.45) is 0 Å². The van der Waals surface area contributed by atoms with Crippen LogP contribution in [0.4, 0.5) is 4.79 Å². The van der Waals surface area contributed by atoms with E-state index in [9.17, 15) is 9.59 Å². The lowest BCUT2D eigenvalue weighted by Crippen LogP contribution is -2.48. The Balaban J connectivity index is 4.93. The average molecular weight is 244 g/mol. The van der Waals surface area contributed by atoms with Gasteiger partial charge in [0.05, 0.1) is 7.11 Å². The normalized spacial score (nSPS) is 12.6. The van der Waals surface area contributed by atoms with Crippen LogP contribution in [0.2, 0.25) is 0 Å². The van der Waals surface area contributed by atoms with Crippen LogP contribution in [0.25, 0.3) is 0 Å². The molecule has 0 aliphatic carbocycles. The molecule has 0 bridgehead atoms. The summed E-state index contributed by atoms with van der Waals surface area (Å²) >= 11 is 0. The van der Waals surface area contributed by atoms with Crippen LogP contribution in [0.5, 0.6) is 0 Å². The fourth-order valence-corrected chi connectivity index (χ4v) is 1.16. The Morgan fingerprint density at radius 2 is 1.76 bits per heavy atom. The van der Waals surface area contributed by atoms with Crippen molar-refractivity contribution in [1.29, 1.82) is 5.41 Å². The van der Waals surface area contributed by atoms with Crippen molar-refractivity contribution < 1.29 is 19.1 Å². The van der Waals surface area contributed by atoms with Crippen molar-refractivity contribution >= 4 is 17.9 Å². The molecule has 0 aromatic rings. The van der Waals surface area contributed by atoms with E-state index in [2.05, 4.69) is 0 Å². The van der Waals surface area contributed by atoms with Gasteiger partial charge >= 0.3 is 6.09 Å².